The van der Waals surface area contributed by atoms with Gasteiger partial charge < -0.3 is 10.6 Å². The lowest BCUT2D eigenvalue weighted by molar-refractivity contribution is -0.139. The predicted octanol–water partition coefficient (Wildman–Crippen LogP) is 3.09. The highest BCUT2D eigenvalue weighted by Crippen LogP contribution is 2.43. The molecule has 108 valence electrons. The number of thiophene rings is 1. The first kappa shape index (κ1) is 14.0. The fourth-order valence-corrected chi connectivity index (χ4v) is 4.14. The molecule has 0 unspecified atom stereocenters. The van der Waals surface area contributed by atoms with Gasteiger partial charge in [-0.2, -0.15) is 0 Å². The molecule has 2 N–H and O–H groups in total. The van der Waals surface area contributed by atoms with Crippen LogP contribution in [0, 0.1) is 5.41 Å². The van der Waals surface area contributed by atoms with Crippen LogP contribution in [0.15, 0.2) is 17.5 Å². The van der Waals surface area contributed by atoms with Crippen LogP contribution in [-0.2, 0) is 11.3 Å². The number of amides is 1. The van der Waals surface area contributed by atoms with E-state index in [1.807, 2.05) is 11.0 Å². The molecule has 3 rings (SSSR count). The summed E-state index contributed by atoms with van der Waals surface area (Å²) in [6.45, 7) is 0.714. The van der Waals surface area contributed by atoms with E-state index in [9.17, 15) is 4.79 Å². The van der Waals surface area contributed by atoms with Crippen LogP contribution in [-0.4, -0.2) is 21.8 Å². The van der Waals surface area contributed by atoms with Crippen molar-refractivity contribution in [1.82, 2.24) is 4.90 Å². The van der Waals surface area contributed by atoms with Gasteiger partial charge in [0.1, 0.15) is 0 Å². The van der Waals surface area contributed by atoms with Crippen molar-refractivity contribution in [3.05, 3.63) is 22.4 Å². The molecule has 2 aliphatic carbocycles. The Hall–Kier alpha value is -0.940. The molecule has 2 aliphatic rings. The quantitative estimate of drug-likeness (QED) is 0.850. The largest absolute Gasteiger partial charge is 0.392 e. The number of nitrogens with zero attached hydrogens (tertiary/aromatic N) is 1. The standard InChI is InChI=1S/C15H20N2OS2/c16-13(19)15(7-1-2-8-15)14(18)17(11-5-6-11)10-12-4-3-9-20-12/h3-4,9,11H,1-2,5-8,10H2,(H2,16,19). The fraction of sp³-hybridized carbons (Fsp3) is 0.600. The average molecular weight is 308 g/mol. The maximum atomic E-state index is 13.1. The van der Waals surface area contributed by atoms with Gasteiger partial charge in [-0.1, -0.05) is 31.1 Å². The van der Waals surface area contributed by atoms with E-state index in [2.05, 4.69) is 11.4 Å². The second-order valence-corrected chi connectivity index (χ2v) is 7.37. The minimum absolute atomic E-state index is 0.179. The van der Waals surface area contributed by atoms with Crippen LogP contribution >= 0.6 is 23.6 Å². The van der Waals surface area contributed by atoms with Crippen LogP contribution < -0.4 is 5.73 Å². The monoisotopic (exact) mass is 308 g/mol. The Labute approximate surface area is 129 Å². The Balaban J connectivity index is 1.83. The van der Waals surface area contributed by atoms with E-state index in [1.165, 1.54) is 4.88 Å². The first-order chi connectivity index (χ1) is 9.63. The molecule has 1 amide bonds. The Morgan fingerprint density at radius 2 is 2.15 bits per heavy atom. The van der Waals surface area contributed by atoms with E-state index >= 15 is 0 Å². The first-order valence-corrected chi connectivity index (χ1v) is 8.56. The van der Waals surface area contributed by atoms with Crippen LogP contribution in [0.3, 0.4) is 0 Å². The topological polar surface area (TPSA) is 46.3 Å². The molecule has 0 radical (unpaired) electrons. The van der Waals surface area contributed by atoms with Gasteiger partial charge >= 0.3 is 0 Å². The van der Waals surface area contributed by atoms with Gasteiger partial charge in [-0.05, 0) is 37.1 Å². The van der Waals surface area contributed by atoms with Gasteiger partial charge in [-0.15, -0.1) is 11.3 Å². The molecule has 1 aromatic heterocycles. The second kappa shape index (κ2) is 5.45. The summed E-state index contributed by atoms with van der Waals surface area (Å²) < 4.78 is 0. The molecule has 0 saturated heterocycles. The number of hydrogen-bond donors (Lipinski definition) is 1. The number of hydrogen-bond acceptors (Lipinski definition) is 3. The van der Waals surface area contributed by atoms with Crippen molar-refractivity contribution in [3.63, 3.8) is 0 Å². The van der Waals surface area contributed by atoms with Crippen LogP contribution in [0.2, 0.25) is 0 Å². The molecule has 0 atom stereocenters. The maximum Gasteiger partial charge on any atom is 0.236 e. The van der Waals surface area contributed by atoms with Gasteiger partial charge in [0.05, 0.1) is 16.9 Å². The van der Waals surface area contributed by atoms with Crippen molar-refractivity contribution in [1.29, 1.82) is 0 Å². The highest BCUT2D eigenvalue weighted by atomic mass is 32.1. The Morgan fingerprint density at radius 3 is 2.65 bits per heavy atom. The van der Waals surface area contributed by atoms with E-state index in [4.69, 9.17) is 18.0 Å². The van der Waals surface area contributed by atoms with Crippen molar-refractivity contribution in [2.75, 3.05) is 0 Å². The van der Waals surface area contributed by atoms with Gasteiger partial charge in [0.25, 0.3) is 0 Å². The lowest BCUT2D eigenvalue weighted by Crippen LogP contribution is -2.49. The summed E-state index contributed by atoms with van der Waals surface area (Å²) in [4.78, 5) is 16.8. The SMILES string of the molecule is NC(=S)C1(C(=O)N(Cc2cccs2)C2CC2)CCCC1. The highest BCUT2D eigenvalue weighted by Gasteiger charge is 2.48. The zero-order chi connectivity index (χ0) is 14.2. The van der Waals surface area contributed by atoms with Crippen LogP contribution in [0.5, 0.6) is 0 Å². The molecule has 20 heavy (non-hydrogen) atoms. The van der Waals surface area contributed by atoms with Crippen molar-refractivity contribution in [2.24, 2.45) is 11.1 Å². The summed E-state index contributed by atoms with van der Waals surface area (Å²) in [5.41, 5.74) is 5.39. The van der Waals surface area contributed by atoms with E-state index in [-0.39, 0.29) is 5.91 Å². The molecule has 0 aromatic carbocycles. The molecular weight excluding hydrogens is 288 g/mol. The minimum atomic E-state index is -0.560. The number of rotatable bonds is 5. The third kappa shape index (κ3) is 2.49. The molecule has 0 spiro atoms. The molecule has 3 nitrogen and oxygen atoms in total. The van der Waals surface area contributed by atoms with Gasteiger partial charge in [-0.3, -0.25) is 4.79 Å². The van der Waals surface area contributed by atoms with Gasteiger partial charge in [0.15, 0.2) is 0 Å². The molecule has 1 heterocycles. The molecular formula is C15H20N2OS2. The van der Waals surface area contributed by atoms with Gasteiger partial charge in [0.2, 0.25) is 5.91 Å². The van der Waals surface area contributed by atoms with E-state index in [0.29, 0.717) is 17.6 Å². The Kier molecular flexibility index (Phi) is 3.82. The molecule has 1 aromatic rings. The fourth-order valence-electron chi connectivity index (χ4n) is 3.14. The smallest absolute Gasteiger partial charge is 0.236 e. The number of carbonyl (C=O) groups is 1. The molecule has 5 heteroatoms. The van der Waals surface area contributed by atoms with Gasteiger partial charge in [-0.25, -0.2) is 0 Å². The zero-order valence-corrected chi connectivity index (χ0v) is 13.1. The van der Waals surface area contributed by atoms with Gasteiger partial charge in [0, 0.05) is 10.9 Å². The summed E-state index contributed by atoms with van der Waals surface area (Å²) in [6.07, 6.45) is 6.00. The number of carbonyl (C=O) groups excluding carboxylic acids is 1. The van der Waals surface area contributed by atoms with Crippen molar-refractivity contribution >= 4 is 34.5 Å². The zero-order valence-electron chi connectivity index (χ0n) is 11.5. The molecule has 0 aliphatic heterocycles. The first-order valence-electron chi connectivity index (χ1n) is 7.27. The maximum absolute atomic E-state index is 13.1. The lowest BCUT2D eigenvalue weighted by Gasteiger charge is -2.33. The van der Waals surface area contributed by atoms with Crippen molar-refractivity contribution in [3.8, 4) is 0 Å². The lowest BCUT2D eigenvalue weighted by atomic mass is 9.84. The normalized spacial score (nSPS) is 20.8. The summed E-state index contributed by atoms with van der Waals surface area (Å²) in [6, 6.07) is 4.53. The van der Waals surface area contributed by atoms with Crippen LogP contribution in [0.1, 0.15) is 43.4 Å². The summed E-state index contributed by atoms with van der Waals surface area (Å²) in [7, 11) is 0. The predicted molar refractivity (Wildman–Crippen MR) is 85.6 cm³/mol. The van der Waals surface area contributed by atoms with E-state index in [0.717, 1.165) is 38.5 Å². The molecule has 2 fully saturated rings. The molecule has 2 saturated carbocycles. The average Bonchev–Trinajstić information content (AvgIpc) is 2.95. The Bertz CT molecular complexity index is 502. The number of nitrogens with two attached hydrogens (primary N) is 1. The number of thiocarbonyl (C=S) groups is 1. The summed E-state index contributed by atoms with van der Waals surface area (Å²) in [5, 5.41) is 2.06. The van der Waals surface area contributed by atoms with E-state index in [1.54, 1.807) is 11.3 Å². The summed E-state index contributed by atoms with van der Waals surface area (Å²) >= 11 is 6.96. The summed E-state index contributed by atoms with van der Waals surface area (Å²) in [5.74, 6) is 0.179. The second-order valence-electron chi connectivity index (χ2n) is 5.90. The minimum Gasteiger partial charge on any atom is -0.392 e. The molecule has 0 bridgehead atoms. The van der Waals surface area contributed by atoms with Crippen molar-refractivity contribution in [2.45, 2.75) is 51.1 Å². The highest BCUT2D eigenvalue weighted by molar-refractivity contribution is 7.80. The van der Waals surface area contributed by atoms with Crippen LogP contribution in [0.4, 0.5) is 0 Å². The van der Waals surface area contributed by atoms with Crippen molar-refractivity contribution < 1.29 is 4.79 Å². The Morgan fingerprint density at radius 1 is 1.45 bits per heavy atom. The van der Waals surface area contributed by atoms with E-state index < -0.39 is 5.41 Å². The third-order valence-corrected chi connectivity index (χ3v) is 5.74. The van der Waals surface area contributed by atoms with Crippen LogP contribution in [0.25, 0.3) is 0 Å². The third-order valence-electron chi connectivity index (χ3n) is 4.49.